The van der Waals surface area contributed by atoms with E-state index in [1.807, 2.05) is 0 Å². The van der Waals surface area contributed by atoms with Crippen molar-refractivity contribution in [1.29, 1.82) is 0 Å². The number of thiophene rings is 1. The molecule has 2 aromatic heterocycles. The first-order chi connectivity index (χ1) is 13.3. The van der Waals surface area contributed by atoms with Crippen LogP contribution in [0.5, 0.6) is 0 Å². The Morgan fingerprint density at radius 2 is 2.07 bits per heavy atom. The van der Waals surface area contributed by atoms with E-state index in [0.29, 0.717) is 15.3 Å². The molecule has 3 aromatic rings. The van der Waals surface area contributed by atoms with Crippen LogP contribution in [0.4, 0.5) is 10.1 Å². The van der Waals surface area contributed by atoms with Gasteiger partial charge >= 0.3 is 5.97 Å². The van der Waals surface area contributed by atoms with Crippen LogP contribution in [0.15, 0.2) is 29.3 Å². The fourth-order valence-electron chi connectivity index (χ4n) is 2.73. The molecule has 0 fully saturated rings. The monoisotopic (exact) mass is 403 g/mol. The number of nitrogens with one attached hydrogen (secondary N) is 1. The number of hydrogen-bond donors (Lipinski definition) is 1. The highest BCUT2D eigenvalue weighted by Crippen LogP contribution is 2.27. The third-order valence-electron chi connectivity index (χ3n) is 4.09. The van der Waals surface area contributed by atoms with Crippen molar-refractivity contribution in [2.24, 2.45) is 0 Å². The Balaban J connectivity index is 1.88. The second-order valence-electron chi connectivity index (χ2n) is 6.17. The van der Waals surface area contributed by atoms with Gasteiger partial charge in [0.25, 0.3) is 5.56 Å². The molecule has 0 radical (unpaired) electrons. The van der Waals surface area contributed by atoms with E-state index < -0.39 is 23.3 Å². The Bertz CT molecular complexity index is 1140. The maximum Gasteiger partial charge on any atom is 0.348 e. The van der Waals surface area contributed by atoms with E-state index in [0.717, 1.165) is 21.5 Å². The van der Waals surface area contributed by atoms with Crippen LogP contribution in [0, 0.1) is 19.7 Å². The number of esters is 1. The molecule has 0 atom stereocenters. The van der Waals surface area contributed by atoms with E-state index in [1.165, 1.54) is 18.5 Å². The van der Waals surface area contributed by atoms with Crippen molar-refractivity contribution < 1.29 is 18.7 Å². The first-order valence-corrected chi connectivity index (χ1v) is 9.35. The van der Waals surface area contributed by atoms with E-state index >= 15 is 0 Å². The molecule has 1 N–H and O–H groups in total. The first-order valence-electron chi connectivity index (χ1n) is 8.53. The van der Waals surface area contributed by atoms with Crippen LogP contribution in [-0.4, -0.2) is 28.0 Å². The van der Waals surface area contributed by atoms with Crippen molar-refractivity contribution in [3.05, 3.63) is 56.7 Å². The number of anilines is 1. The Kier molecular flexibility index (Phi) is 5.55. The topological polar surface area (TPSA) is 90.3 Å². The quantitative estimate of drug-likeness (QED) is 0.662. The van der Waals surface area contributed by atoms with Gasteiger partial charge in [0.2, 0.25) is 5.91 Å². The number of benzene rings is 1. The standard InChI is InChI=1S/C19H18FN3O4S/c1-4-27-19(26)16-11(3)15-17(28-16)21-9-23(18(15)25)8-14(24)22-13-6-5-10(2)7-12(13)20/h5-7,9H,4,8H2,1-3H3,(H,22,24). The highest BCUT2D eigenvalue weighted by atomic mass is 32.1. The highest BCUT2D eigenvalue weighted by molar-refractivity contribution is 7.20. The number of fused-ring (bicyclic) bond motifs is 1. The summed E-state index contributed by atoms with van der Waals surface area (Å²) in [6.07, 6.45) is 1.24. The SMILES string of the molecule is CCOC(=O)c1sc2ncn(CC(=O)Nc3ccc(C)cc3F)c(=O)c2c1C. The Morgan fingerprint density at radius 1 is 1.32 bits per heavy atom. The maximum atomic E-state index is 13.9. The third-order valence-corrected chi connectivity index (χ3v) is 5.27. The summed E-state index contributed by atoms with van der Waals surface area (Å²) in [5.74, 6) is -1.63. The van der Waals surface area contributed by atoms with Gasteiger partial charge in [-0.3, -0.25) is 14.2 Å². The first kappa shape index (κ1) is 19.7. The number of carbonyl (C=O) groups is 2. The number of hydrogen-bond acceptors (Lipinski definition) is 6. The van der Waals surface area contributed by atoms with Gasteiger partial charge in [0.05, 0.1) is 24.0 Å². The van der Waals surface area contributed by atoms with Crippen LogP contribution in [0.25, 0.3) is 10.2 Å². The number of rotatable bonds is 5. The lowest BCUT2D eigenvalue weighted by atomic mass is 10.2. The van der Waals surface area contributed by atoms with Crippen molar-refractivity contribution in [3.63, 3.8) is 0 Å². The summed E-state index contributed by atoms with van der Waals surface area (Å²) in [5.41, 5.74) is 0.782. The smallest absolute Gasteiger partial charge is 0.348 e. The number of ether oxygens (including phenoxy) is 1. The average molecular weight is 403 g/mol. The number of halogens is 1. The Labute approximate surface area is 163 Å². The second kappa shape index (κ2) is 7.89. The normalized spacial score (nSPS) is 10.9. The Morgan fingerprint density at radius 3 is 2.75 bits per heavy atom. The van der Waals surface area contributed by atoms with Crippen LogP contribution < -0.4 is 10.9 Å². The summed E-state index contributed by atoms with van der Waals surface area (Å²) in [5, 5.41) is 2.71. The third kappa shape index (κ3) is 3.79. The van der Waals surface area contributed by atoms with Gasteiger partial charge in [-0.1, -0.05) is 6.07 Å². The predicted molar refractivity (Wildman–Crippen MR) is 104 cm³/mol. The number of carbonyl (C=O) groups excluding carboxylic acids is 2. The fraction of sp³-hybridized carbons (Fsp3) is 0.263. The average Bonchev–Trinajstić information content (AvgIpc) is 2.97. The lowest BCUT2D eigenvalue weighted by Crippen LogP contribution is -2.28. The van der Waals surface area contributed by atoms with E-state index in [9.17, 15) is 18.8 Å². The minimum Gasteiger partial charge on any atom is -0.462 e. The van der Waals surface area contributed by atoms with Gasteiger partial charge in [0.1, 0.15) is 22.1 Å². The van der Waals surface area contributed by atoms with Crippen LogP contribution in [0.1, 0.15) is 27.7 Å². The zero-order chi connectivity index (χ0) is 20.4. The molecule has 9 heteroatoms. The molecule has 1 amide bonds. The largest absolute Gasteiger partial charge is 0.462 e. The van der Waals surface area contributed by atoms with Crippen LogP contribution in [0.2, 0.25) is 0 Å². The van der Waals surface area contributed by atoms with E-state index in [4.69, 9.17) is 4.74 Å². The second-order valence-corrected chi connectivity index (χ2v) is 7.16. The van der Waals surface area contributed by atoms with Gasteiger partial charge in [-0.05, 0) is 44.0 Å². The summed E-state index contributed by atoms with van der Waals surface area (Å²) in [4.78, 5) is 41.9. The van der Waals surface area contributed by atoms with E-state index in [-0.39, 0.29) is 24.2 Å². The van der Waals surface area contributed by atoms with Gasteiger partial charge in [-0.2, -0.15) is 0 Å². The molecule has 1 aromatic carbocycles. The summed E-state index contributed by atoms with van der Waals surface area (Å²) >= 11 is 1.07. The molecule has 0 aliphatic heterocycles. The van der Waals surface area contributed by atoms with Crippen LogP contribution in [0.3, 0.4) is 0 Å². The number of nitrogens with zero attached hydrogens (tertiary/aromatic N) is 2. The molecular formula is C19H18FN3O4S. The summed E-state index contributed by atoms with van der Waals surface area (Å²) < 4.78 is 20.0. The van der Waals surface area contributed by atoms with Crippen LogP contribution >= 0.6 is 11.3 Å². The van der Waals surface area contributed by atoms with Crippen molar-refractivity contribution in [1.82, 2.24) is 9.55 Å². The number of aryl methyl sites for hydroxylation is 2. The molecule has 3 rings (SSSR count). The molecule has 0 aliphatic rings. The minimum absolute atomic E-state index is 0.0361. The highest BCUT2D eigenvalue weighted by Gasteiger charge is 2.21. The van der Waals surface area contributed by atoms with Crippen LogP contribution in [-0.2, 0) is 16.1 Å². The summed E-state index contributed by atoms with van der Waals surface area (Å²) in [6.45, 7) is 4.96. The summed E-state index contributed by atoms with van der Waals surface area (Å²) in [6, 6.07) is 4.44. The lowest BCUT2D eigenvalue weighted by Gasteiger charge is -2.08. The van der Waals surface area contributed by atoms with Crippen molar-refractivity contribution in [2.45, 2.75) is 27.3 Å². The molecule has 28 heavy (non-hydrogen) atoms. The van der Waals surface area contributed by atoms with Gasteiger partial charge in [-0.15, -0.1) is 11.3 Å². The van der Waals surface area contributed by atoms with Gasteiger partial charge in [0.15, 0.2) is 0 Å². The van der Waals surface area contributed by atoms with Gasteiger partial charge in [0, 0.05) is 0 Å². The molecular weight excluding hydrogens is 385 g/mol. The molecule has 0 saturated heterocycles. The molecule has 0 bridgehead atoms. The van der Waals surface area contributed by atoms with Crippen molar-refractivity contribution in [3.8, 4) is 0 Å². The Hall–Kier alpha value is -3.07. The molecule has 0 aliphatic carbocycles. The van der Waals surface area contributed by atoms with E-state index in [1.54, 1.807) is 26.8 Å². The van der Waals surface area contributed by atoms with Crippen molar-refractivity contribution >= 4 is 39.1 Å². The summed E-state index contributed by atoms with van der Waals surface area (Å²) in [7, 11) is 0. The molecule has 7 nitrogen and oxygen atoms in total. The fourth-order valence-corrected chi connectivity index (χ4v) is 3.76. The zero-order valence-electron chi connectivity index (χ0n) is 15.5. The van der Waals surface area contributed by atoms with Gasteiger partial charge < -0.3 is 10.1 Å². The molecule has 0 unspecified atom stereocenters. The van der Waals surface area contributed by atoms with Crippen molar-refractivity contribution in [2.75, 3.05) is 11.9 Å². The maximum absolute atomic E-state index is 13.9. The molecule has 146 valence electrons. The number of amides is 1. The zero-order valence-corrected chi connectivity index (χ0v) is 16.4. The van der Waals surface area contributed by atoms with Gasteiger partial charge in [-0.25, -0.2) is 14.2 Å². The lowest BCUT2D eigenvalue weighted by molar-refractivity contribution is -0.116. The predicted octanol–water partition coefficient (Wildman–Crippen LogP) is 3.03. The van der Waals surface area contributed by atoms with E-state index in [2.05, 4.69) is 10.3 Å². The number of aromatic nitrogens is 2. The minimum atomic E-state index is -0.565. The molecule has 0 spiro atoms. The molecule has 2 heterocycles. The molecule has 0 saturated carbocycles.